The highest BCUT2D eigenvalue weighted by atomic mass is 35.5. The zero-order valence-corrected chi connectivity index (χ0v) is 18.4. The van der Waals surface area contributed by atoms with Gasteiger partial charge in [0.05, 0.1) is 23.6 Å². The van der Waals surface area contributed by atoms with Gasteiger partial charge in [0.15, 0.2) is 0 Å². The van der Waals surface area contributed by atoms with Crippen LogP contribution in [0.4, 0.5) is 5.69 Å². The molecule has 0 spiro atoms. The minimum Gasteiger partial charge on any atom is -0.346 e. The normalized spacial score (nSPS) is 12.2. The number of pyridine rings is 2. The predicted molar refractivity (Wildman–Crippen MR) is 127 cm³/mol. The van der Waals surface area contributed by atoms with E-state index in [1.165, 1.54) is 0 Å². The zero-order valence-electron chi connectivity index (χ0n) is 16.8. The Labute approximate surface area is 194 Å². The van der Waals surface area contributed by atoms with Crippen LogP contribution in [0.1, 0.15) is 27.2 Å². The number of carbonyl (C=O) groups excluding carboxylic acids is 1. The Morgan fingerprint density at radius 1 is 0.969 bits per heavy atom. The maximum Gasteiger partial charge on any atom is 0.251 e. The number of benzene rings is 2. The fourth-order valence-corrected chi connectivity index (χ4v) is 4.58. The smallest absolute Gasteiger partial charge is 0.251 e. The number of nitrogens with one attached hydrogen (secondary N) is 1. The summed E-state index contributed by atoms with van der Waals surface area (Å²) in [7, 11) is 0. The molecule has 1 N–H and O–H groups in total. The number of hydrogen-bond acceptors (Lipinski definition) is 5. The van der Waals surface area contributed by atoms with Crippen LogP contribution >= 0.6 is 23.4 Å². The maximum absolute atomic E-state index is 12.8. The second-order valence-electron chi connectivity index (χ2n) is 7.13. The number of aliphatic imine (C=N–C) groups is 1. The molecule has 156 valence electrons. The fraction of sp³-hybridized carbons (Fsp3) is 0.0400. The number of fused-ring (bicyclic) bond motifs is 2. The molecule has 5 rings (SSSR count). The van der Waals surface area contributed by atoms with E-state index in [1.54, 1.807) is 24.2 Å². The molecule has 5 nitrogen and oxygen atoms in total. The van der Waals surface area contributed by atoms with Crippen molar-refractivity contribution in [1.29, 1.82) is 0 Å². The topological polar surface area (TPSA) is 67.2 Å². The van der Waals surface area contributed by atoms with Gasteiger partial charge in [0, 0.05) is 50.1 Å². The molecule has 1 amide bonds. The third-order valence-electron chi connectivity index (χ3n) is 4.97. The van der Waals surface area contributed by atoms with Crippen LogP contribution in [0.5, 0.6) is 0 Å². The molecule has 2 aromatic carbocycles. The zero-order chi connectivity index (χ0) is 21.9. The van der Waals surface area contributed by atoms with Crippen LogP contribution in [-0.2, 0) is 6.54 Å². The number of rotatable bonds is 4. The predicted octanol–water partition coefficient (Wildman–Crippen LogP) is 5.69. The molecule has 0 fully saturated rings. The standard InChI is InChI=1S/C25H17ClN4OS/c26-18-5-3-4-16(12-18)24-20-9-11-27-15-23(20)32-22-8-7-17(13-21(22)30-24)25(31)29-14-19-6-1-2-10-28-19/h1-13,15H,14H2,(H,29,31). The first kappa shape index (κ1) is 20.4. The molecule has 3 heterocycles. The lowest BCUT2D eigenvalue weighted by atomic mass is 10.0. The molecule has 0 bridgehead atoms. The summed E-state index contributed by atoms with van der Waals surface area (Å²) in [5.74, 6) is -0.175. The summed E-state index contributed by atoms with van der Waals surface area (Å²) in [5, 5.41) is 3.56. The van der Waals surface area contributed by atoms with Gasteiger partial charge in [-0.1, -0.05) is 41.6 Å². The number of aromatic nitrogens is 2. The highest BCUT2D eigenvalue weighted by molar-refractivity contribution is 7.99. The highest BCUT2D eigenvalue weighted by Gasteiger charge is 2.20. The first-order chi connectivity index (χ1) is 15.7. The Morgan fingerprint density at radius 3 is 2.75 bits per heavy atom. The molecule has 0 atom stereocenters. The molecule has 0 unspecified atom stereocenters. The maximum atomic E-state index is 12.8. The summed E-state index contributed by atoms with van der Waals surface area (Å²) in [6.07, 6.45) is 5.30. The molecule has 0 saturated carbocycles. The minimum atomic E-state index is -0.175. The second kappa shape index (κ2) is 8.94. The molecular weight excluding hydrogens is 440 g/mol. The van der Waals surface area contributed by atoms with Crippen LogP contribution in [0.15, 0.2) is 100 Å². The van der Waals surface area contributed by atoms with E-state index in [2.05, 4.69) is 15.3 Å². The third-order valence-corrected chi connectivity index (χ3v) is 6.31. The Bertz CT molecular complexity index is 1340. The lowest BCUT2D eigenvalue weighted by Crippen LogP contribution is -2.23. The van der Waals surface area contributed by atoms with Crippen molar-refractivity contribution in [3.8, 4) is 0 Å². The molecule has 4 aromatic rings. The minimum absolute atomic E-state index is 0.175. The average Bonchev–Trinajstić information content (AvgIpc) is 2.99. The van der Waals surface area contributed by atoms with E-state index in [4.69, 9.17) is 16.6 Å². The Balaban J connectivity index is 1.52. The summed E-state index contributed by atoms with van der Waals surface area (Å²) >= 11 is 7.84. The van der Waals surface area contributed by atoms with E-state index in [9.17, 15) is 4.79 Å². The van der Waals surface area contributed by atoms with Crippen molar-refractivity contribution in [3.63, 3.8) is 0 Å². The molecule has 7 heteroatoms. The van der Waals surface area contributed by atoms with Gasteiger partial charge in [-0.25, -0.2) is 4.99 Å². The van der Waals surface area contributed by atoms with Gasteiger partial charge in [0.2, 0.25) is 0 Å². The van der Waals surface area contributed by atoms with Gasteiger partial charge in [0.1, 0.15) is 0 Å². The second-order valence-corrected chi connectivity index (χ2v) is 8.65. The summed E-state index contributed by atoms with van der Waals surface area (Å²) in [6, 6.07) is 20.7. The van der Waals surface area contributed by atoms with Crippen molar-refractivity contribution in [2.45, 2.75) is 16.3 Å². The van der Waals surface area contributed by atoms with Crippen LogP contribution in [-0.4, -0.2) is 21.6 Å². The fourth-order valence-electron chi connectivity index (χ4n) is 3.42. The van der Waals surface area contributed by atoms with E-state index in [0.29, 0.717) is 17.1 Å². The molecule has 2 aromatic heterocycles. The lowest BCUT2D eigenvalue weighted by Gasteiger charge is -2.09. The van der Waals surface area contributed by atoms with Gasteiger partial charge in [0.25, 0.3) is 5.91 Å². The van der Waals surface area contributed by atoms with Gasteiger partial charge in [-0.15, -0.1) is 0 Å². The van der Waals surface area contributed by atoms with Crippen molar-refractivity contribution < 1.29 is 4.79 Å². The monoisotopic (exact) mass is 456 g/mol. The van der Waals surface area contributed by atoms with Crippen molar-refractivity contribution >= 4 is 40.7 Å². The summed E-state index contributed by atoms with van der Waals surface area (Å²) in [4.78, 5) is 28.2. The molecule has 0 saturated heterocycles. The number of carbonyl (C=O) groups is 1. The quantitative estimate of drug-likeness (QED) is 0.377. The Morgan fingerprint density at radius 2 is 1.91 bits per heavy atom. The number of halogens is 1. The van der Waals surface area contributed by atoms with E-state index in [1.807, 2.05) is 72.9 Å². The molecule has 1 aliphatic rings. The van der Waals surface area contributed by atoms with E-state index in [0.717, 1.165) is 38.0 Å². The van der Waals surface area contributed by atoms with Crippen LogP contribution in [0.2, 0.25) is 5.02 Å². The van der Waals surface area contributed by atoms with Gasteiger partial charge in [-0.05, 0) is 48.5 Å². The number of nitrogens with zero attached hydrogens (tertiary/aromatic N) is 3. The van der Waals surface area contributed by atoms with Crippen molar-refractivity contribution in [2.75, 3.05) is 0 Å². The van der Waals surface area contributed by atoms with E-state index in [-0.39, 0.29) is 5.91 Å². The summed E-state index contributed by atoms with van der Waals surface area (Å²) < 4.78 is 0. The third kappa shape index (κ3) is 4.28. The Kier molecular flexibility index (Phi) is 5.71. The first-order valence-electron chi connectivity index (χ1n) is 9.96. The van der Waals surface area contributed by atoms with Crippen LogP contribution in [0, 0.1) is 0 Å². The molecular formula is C25H17ClN4OS. The van der Waals surface area contributed by atoms with Crippen molar-refractivity contribution in [2.24, 2.45) is 4.99 Å². The first-order valence-corrected chi connectivity index (χ1v) is 11.2. The number of amides is 1. The van der Waals surface area contributed by atoms with Gasteiger partial charge in [-0.2, -0.15) is 0 Å². The molecule has 0 aliphatic carbocycles. The van der Waals surface area contributed by atoms with Crippen LogP contribution in [0.25, 0.3) is 0 Å². The molecule has 0 radical (unpaired) electrons. The van der Waals surface area contributed by atoms with Crippen LogP contribution in [0.3, 0.4) is 0 Å². The Hall–Kier alpha value is -3.48. The largest absolute Gasteiger partial charge is 0.346 e. The molecule has 1 aliphatic heterocycles. The van der Waals surface area contributed by atoms with E-state index >= 15 is 0 Å². The lowest BCUT2D eigenvalue weighted by molar-refractivity contribution is 0.0950. The molecule has 32 heavy (non-hydrogen) atoms. The van der Waals surface area contributed by atoms with Gasteiger partial charge in [-0.3, -0.25) is 14.8 Å². The van der Waals surface area contributed by atoms with Crippen molar-refractivity contribution in [3.05, 3.63) is 113 Å². The van der Waals surface area contributed by atoms with E-state index < -0.39 is 0 Å². The van der Waals surface area contributed by atoms with Gasteiger partial charge >= 0.3 is 0 Å². The van der Waals surface area contributed by atoms with Gasteiger partial charge < -0.3 is 5.32 Å². The summed E-state index contributed by atoms with van der Waals surface area (Å²) in [6.45, 7) is 0.361. The number of hydrogen-bond donors (Lipinski definition) is 1. The SMILES string of the molecule is O=C(NCc1ccccn1)c1ccc2c(c1)N=C(c1cccc(Cl)c1)c1ccncc1S2. The summed E-state index contributed by atoms with van der Waals surface area (Å²) in [5.41, 5.74) is 4.75. The highest BCUT2D eigenvalue weighted by Crippen LogP contribution is 2.41. The average molecular weight is 457 g/mol. The van der Waals surface area contributed by atoms with Crippen LogP contribution < -0.4 is 5.32 Å². The van der Waals surface area contributed by atoms with Crippen molar-refractivity contribution in [1.82, 2.24) is 15.3 Å².